The van der Waals surface area contributed by atoms with E-state index in [0.717, 1.165) is 42.7 Å². The lowest BCUT2D eigenvalue weighted by molar-refractivity contribution is -0.969. The molecule has 0 radical (unpaired) electrons. The van der Waals surface area contributed by atoms with Crippen LogP contribution in [0.15, 0.2) is 33.1 Å². The van der Waals surface area contributed by atoms with Crippen molar-refractivity contribution in [2.45, 2.75) is 39.8 Å². The summed E-state index contributed by atoms with van der Waals surface area (Å²) >= 11 is 0. The van der Waals surface area contributed by atoms with Crippen LogP contribution in [0.2, 0.25) is 0 Å². The first-order chi connectivity index (χ1) is 10.7. The second-order valence-corrected chi connectivity index (χ2v) is 6.59. The topological polar surface area (TPSA) is 35.2 Å². The minimum absolute atomic E-state index is 0.931. The van der Waals surface area contributed by atoms with E-state index >= 15 is 0 Å². The monoisotopic (exact) mass is 304 g/mol. The molecule has 0 saturated carbocycles. The van der Waals surface area contributed by atoms with Gasteiger partial charge in [-0.25, -0.2) is 0 Å². The van der Waals surface area contributed by atoms with Gasteiger partial charge in [0.15, 0.2) is 11.5 Å². The maximum atomic E-state index is 5.77. The third-order valence-electron chi connectivity index (χ3n) is 4.58. The van der Waals surface area contributed by atoms with Gasteiger partial charge in [-0.15, -0.1) is 0 Å². The van der Waals surface area contributed by atoms with Crippen LogP contribution < -0.4 is 9.80 Å². The molecule has 2 aromatic rings. The summed E-state index contributed by atoms with van der Waals surface area (Å²) in [6, 6.07) is 8.31. The van der Waals surface area contributed by atoms with Crippen LogP contribution in [0.1, 0.15) is 35.9 Å². The van der Waals surface area contributed by atoms with Crippen LogP contribution in [0.3, 0.4) is 0 Å². The summed E-state index contributed by atoms with van der Waals surface area (Å²) in [6.07, 6.45) is 2.78. The lowest BCUT2D eigenvalue weighted by atomic mass is 10.3. The highest BCUT2D eigenvalue weighted by Gasteiger charge is 2.20. The minimum atomic E-state index is 0.931. The molecule has 4 heteroatoms. The lowest BCUT2D eigenvalue weighted by Crippen LogP contribution is -3.18. The van der Waals surface area contributed by atoms with Gasteiger partial charge in [-0.3, -0.25) is 0 Å². The summed E-state index contributed by atoms with van der Waals surface area (Å²) in [6.45, 7) is 11.0. The van der Waals surface area contributed by atoms with Crippen LogP contribution in [0.25, 0.3) is 0 Å². The predicted molar refractivity (Wildman–Crippen MR) is 84.9 cm³/mol. The number of furan rings is 2. The molecule has 120 valence electrons. The first kappa shape index (κ1) is 15.4. The van der Waals surface area contributed by atoms with Crippen molar-refractivity contribution in [3.63, 3.8) is 0 Å². The molecular weight excluding hydrogens is 276 g/mol. The van der Waals surface area contributed by atoms with E-state index in [1.165, 1.54) is 37.4 Å². The number of rotatable bonds is 7. The number of hydrogen-bond acceptors (Lipinski definition) is 2. The molecule has 3 rings (SSSR count). The Balaban J connectivity index is 1.60. The zero-order valence-corrected chi connectivity index (χ0v) is 13.8. The molecule has 0 spiro atoms. The Morgan fingerprint density at radius 1 is 0.909 bits per heavy atom. The number of likely N-dealkylation sites (tertiary alicyclic amines) is 1. The third-order valence-corrected chi connectivity index (χ3v) is 4.58. The first-order valence-electron chi connectivity index (χ1n) is 8.47. The molecule has 0 atom stereocenters. The molecule has 1 aliphatic rings. The van der Waals surface area contributed by atoms with E-state index in [9.17, 15) is 0 Å². The second-order valence-electron chi connectivity index (χ2n) is 6.59. The van der Waals surface area contributed by atoms with Gasteiger partial charge in [0, 0.05) is 12.8 Å². The summed E-state index contributed by atoms with van der Waals surface area (Å²) in [5.41, 5.74) is 0. The van der Waals surface area contributed by atoms with Crippen LogP contribution in [-0.4, -0.2) is 26.2 Å². The Labute approximate surface area is 132 Å². The van der Waals surface area contributed by atoms with Gasteiger partial charge in [-0.2, -0.15) is 0 Å². The minimum Gasteiger partial charge on any atom is -0.460 e. The van der Waals surface area contributed by atoms with E-state index < -0.39 is 0 Å². The number of aryl methyl sites for hydroxylation is 2. The van der Waals surface area contributed by atoms with Crippen LogP contribution >= 0.6 is 0 Å². The first-order valence-corrected chi connectivity index (χ1v) is 8.47. The summed E-state index contributed by atoms with van der Waals surface area (Å²) in [7, 11) is 0. The maximum absolute atomic E-state index is 5.77. The smallest absolute Gasteiger partial charge is 0.158 e. The molecule has 3 heterocycles. The zero-order chi connectivity index (χ0) is 15.4. The molecule has 0 aromatic carbocycles. The van der Waals surface area contributed by atoms with E-state index in [0.29, 0.717) is 0 Å². The summed E-state index contributed by atoms with van der Waals surface area (Å²) in [4.78, 5) is 3.27. The molecule has 2 N–H and O–H groups in total. The number of quaternary nitrogens is 2. The molecule has 1 aliphatic heterocycles. The zero-order valence-electron chi connectivity index (χ0n) is 13.8. The molecular formula is C18H28N2O2+2. The number of hydrogen-bond donors (Lipinski definition) is 2. The van der Waals surface area contributed by atoms with Crippen molar-refractivity contribution in [2.75, 3.05) is 26.2 Å². The molecule has 4 nitrogen and oxygen atoms in total. The van der Waals surface area contributed by atoms with Gasteiger partial charge in [-0.1, -0.05) is 0 Å². The summed E-state index contributed by atoms with van der Waals surface area (Å²) < 4.78 is 11.5. The van der Waals surface area contributed by atoms with Crippen LogP contribution in [0.4, 0.5) is 0 Å². The second kappa shape index (κ2) is 7.16. The Morgan fingerprint density at radius 3 is 1.91 bits per heavy atom. The molecule has 2 aromatic heterocycles. The molecule has 1 fully saturated rings. The van der Waals surface area contributed by atoms with Gasteiger partial charge in [0.2, 0.25) is 0 Å². The van der Waals surface area contributed by atoms with Gasteiger partial charge < -0.3 is 18.6 Å². The molecule has 1 saturated heterocycles. The summed E-state index contributed by atoms with van der Waals surface area (Å²) in [5.74, 6) is 4.14. The van der Waals surface area contributed by atoms with Gasteiger partial charge in [0.1, 0.15) is 37.7 Å². The Hall–Kier alpha value is -1.52. The highest BCUT2D eigenvalue weighted by atomic mass is 16.3. The van der Waals surface area contributed by atoms with Crippen molar-refractivity contribution in [1.29, 1.82) is 0 Å². The van der Waals surface area contributed by atoms with Gasteiger partial charge in [0.05, 0.1) is 13.1 Å². The van der Waals surface area contributed by atoms with Crippen molar-refractivity contribution < 1.29 is 18.6 Å². The van der Waals surface area contributed by atoms with Crippen LogP contribution in [0, 0.1) is 13.8 Å². The Kier molecular flexibility index (Phi) is 5.01. The molecule has 0 amide bonds. The Morgan fingerprint density at radius 2 is 1.45 bits per heavy atom. The van der Waals surface area contributed by atoms with E-state index in [2.05, 4.69) is 24.3 Å². The molecule has 0 aliphatic carbocycles. The highest BCUT2D eigenvalue weighted by molar-refractivity contribution is 5.05. The maximum Gasteiger partial charge on any atom is 0.158 e. The molecule has 0 bridgehead atoms. The van der Waals surface area contributed by atoms with E-state index in [4.69, 9.17) is 8.83 Å². The number of nitrogens with one attached hydrogen (secondary N) is 2. The van der Waals surface area contributed by atoms with E-state index in [1.807, 2.05) is 13.8 Å². The van der Waals surface area contributed by atoms with Crippen molar-refractivity contribution >= 4 is 0 Å². The fraction of sp³-hybridized carbons (Fsp3) is 0.556. The quantitative estimate of drug-likeness (QED) is 0.792. The fourth-order valence-corrected chi connectivity index (χ4v) is 3.37. The lowest BCUT2D eigenvalue weighted by Gasteiger charge is -2.19. The third kappa shape index (κ3) is 4.24. The average Bonchev–Trinajstić information content (AvgIpc) is 3.20. The summed E-state index contributed by atoms with van der Waals surface area (Å²) in [5, 5.41) is 0. The van der Waals surface area contributed by atoms with Crippen molar-refractivity contribution in [3.05, 3.63) is 47.3 Å². The SMILES string of the molecule is Cc1ccc(C[NH+](CC[NH+]2CCCC2)Cc2ccc(C)o2)o1. The van der Waals surface area contributed by atoms with E-state index in [-0.39, 0.29) is 0 Å². The molecule has 0 unspecified atom stereocenters. The van der Waals surface area contributed by atoms with Gasteiger partial charge in [-0.05, 0) is 38.1 Å². The Bertz CT molecular complexity index is 539. The van der Waals surface area contributed by atoms with Crippen LogP contribution in [-0.2, 0) is 13.1 Å². The fourth-order valence-electron chi connectivity index (χ4n) is 3.37. The standard InChI is InChI=1S/C18H26N2O2/c1-15-5-7-17(21-15)13-20(12-11-19-9-3-4-10-19)14-18-8-6-16(2)22-18/h5-8H,3-4,9-14H2,1-2H3/p+2. The molecule has 22 heavy (non-hydrogen) atoms. The van der Waals surface area contributed by atoms with Crippen molar-refractivity contribution in [3.8, 4) is 0 Å². The average molecular weight is 304 g/mol. The van der Waals surface area contributed by atoms with Crippen molar-refractivity contribution in [2.24, 2.45) is 0 Å². The normalized spacial score (nSPS) is 16.0. The van der Waals surface area contributed by atoms with Crippen LogP contribution in [0.5, 0.6) is 0 Å². The highest BCUT2D eigenvalue weighted by Crippen LogP contribution is 2.06. The van der Waals surface area contributed by atoms with Gasteiger partial charge in [0.25, 0.3) is 0 Å². The van der Waals surface area contributed by atoms with E-state index in [1.54, 1.807) is 4.90 Å². The predicted octanol–water partition coefficient (Wildman–Crippen LogP) is 0.753. The van der Waals surface area contributed by atoms with Gasteiger partial charge >= 0.3 is 0 Å². The van der Waals surface area contributed by atoms with Crippen molar-refractivity contribution in [1.82, 2.24) is 0 Å². The largest absolute Gasteiger partial charge is 0.460 e.